The van der Waals surface area contributed by atoms with E-state index in [9.17, 15) is 20.1 Å². The van der Waals surface area contributed by atoms with Crippen molar-refractivity contribution in [1.82, 2.24) is 0 Å². The minimum absolute atomic E-state index is 0.0455. The zero-order chi connectivity index (χ0) is 19.7. The quantitative estimate of drug-likeness (QED) is 0.703. The molecule has 142 valence electrons. The van der Waals surface area contributed by atoms with E-state index in [0.717, 1.165) is 16.7 Å². The minimum atomic E-state index is -0.185. The van der Waals surface area contributed by atoms with Crippen molar-refractivity contribution in [3.8, 4) is 23.0 Å². The fraction of sp³-hybridized carbons (Fsp3) is 0.318. The predicted molar refractivity (Wildman–Crippen MR) is 103 cm³/mol. The number of carbonyl (C=O) groups excluding carboxylic acids is 1. The molecule has 0 saturated heterocycles. The molecule has 0 bridgehead atoms. The maximum atomic E-state index is 12.6. The predicted octanol–water partition coefficient (Wildman–Crippen LogP) is 4.23. The van der Waals surface area contributed by atoms with Crippen LogP contribution in [0.3, 0.4) is 0 Å². The van der Waals surface area contributed by atoms with Crippen molar-refractivity contribution in [2.24, 2.45) is 0 Å². The zero-order valence-electron chi connectivity index (χ0n) is 15.7. The molecule has 0 saturated carbocycles. The van der Waals surface area contributed by atoms with Gasteiger partial charge in [0.25, 0.3) is 0 Å². The van der Waals surface area contributed by atoms with Gasteiger partial charge in [-0.15, -0.1) is 0 Å². The van der Waals surface area contributed by atoms with Gasteiger partial charge < -0.3 is 20.1 Å². The van der Waals surface area contributed by atoms with Crippen molar-refractivity contribution in [2.75, 3.05) is 7.11 Å². The SMILES string of the molecule is COc1c(O)cc([C@@H]2CC(=O)c3c(O)cc(O)cc3C2)cc1CC=C(C)C. The summed E-state index contributed by atoms with van der Waals surface area (Å²) in [4.78, 5) is 12.6. The highest BCUT2D eigenvalue weighted by Gasteiger charge is 2.30. The number of benzene rings is 2. The van der Waals surface area contributed by atoms with Crippen LogP contribution < -0.4 is 4.74 Å². The molecule has 0 unspecified atom stereocenters. The van der Waals surface area contributed by atoms with E-state index in [1.165, 1.54) is 19.2 Å². The summed E-state index contributed by atoms with van der Waals surface area (Å²) in [7, 11) is 1.52. The number of methoxy groups -OCH3 is 1. The summed E-state index contributed by atoms with van der Waals surface area (Å²) in [6, 6.07) is 6.31. The van der Waals surface area contributed by atoms with E-state index in [4.69, 9.17) is 4.74 Å². The largest absolute Gasteiger partial charge is 0.508 e. The second kappa shape index (κ2) is 7.35. The third-order valence-corrected chi connectivity index (χ3v) is 4.94. The summed E-state index contributed by atoms with van der Waals surface area (Å²) in [6.45, 7) is 4.01. The lowest BCUT2D eigenvalue weighted by molar-refractivity contribution is 0.0961. The van der Waals surface area contributed by atoms with Crippen LogP contribution in [-0.4, -0.2) is 28.2 Å². The van der Waals surface area contributed by atoms with Crippen LogP contribution in [0.1, 0.15) is 53.2 Å². The van der Waals surface area contributed by atoms with Gasteiger partial charge in [0.2, 0.25) is 0 Å². The van der Waals surface area contributed by atoms with Crippen LogP contribution in [0.4, 0.5) is 0 Å². The van der Waals surface area contributed by atoms with Crippen LogP contribution in [0.2, 0.25) is 0 Å². The molecule has 0 spiro atoms. The Morgan fingerprint density at radius 3 is 2.52 bits per heavy atom. The number of ether oxygens (including phenoxy) is 1. The number of rotatable bonds is 4. The van der Waals surface area contributed by atoms with Crippen LogP contribution in [0.5, 0.6) is 23.0 Å². The highest BCUT2D eigenvalue weighted by molar-refractivity contribution is 6.01. The Labute approximate surface area is 158 Å². The molecule has 5 heteroatoms. The molecule has 3 rings (SSSR count). The van der Waals surface area contributed by atoms with Crippen molar-refractivity contribution in [1.29, 1.82) is 0 Å². The summed E-state index contributed by atoms with van der Waals surface area (Å²) in [5, 5.41) is 30.2. The summed E-state index contributed by atoms with van der Waals surface area (Å²) in [6.07, 6.45) is 3.40. The molecule has 1 aliphatic rings. The van der Waals surface area contributed by atoms with E-state index in [0.29, 0.717) is 24.2 Å². The molecule has 1 aliphatic carbocycles. The van der Waals surface area contributed by atoms with Gasteiger partial charge in [-0.25, -0.2) is 0 Å². The molecule has 27 heavy (non-hydrogen) atoms. The second-order valence-corrected chi connectivity index (χ2v) is 7.25. The minimum Gasteiger partial charge on any atom is -0.508 e. The summed E-state index contributed by atoms with van der Waals surface area (Å²) in [5.74, 6) is -0.0802. The number of fused-ring (bicyclic) bond motifs is 1. The number of hydrogen-bond acceptors (Lipinski definition) is 5. The third-order valence-electron chi connectivity index (χ3n) is 4.94. The lowest BCUT2D eigenvalue weighted by Gasteiger charge is -2.25. The number of Topliss-reactive ketones (excluding diaryl/α,β-unsaturated/α-hetero) is 1. The van der Waals surface area contributed by atoms with E-state index >= 15 is 0 Å². The first-order valence-electron chi connectivity index (χ1n) is 8.91. The first-order chi connectivity index (χ1) is 12.8. The number of phenolic OH excluding ortho intramolecular Hbond substituents is 3. The number of phenols is 3. The van der Waals surface area contributed by atoms with Gasteiger partial charge in [0.15, 0.2) is 17.3 Å². The Bertz CT molecular complexity index is 923. The van der Waals surface area contributed by atoms with Crippen molar-refractivity contribution >= 4 is 5.78 Å². The van der Waals surface area contributed by atoms with Gasteiger partial charge in [-0.1, -0.05) is 17.7 Å². The molecule has 2 aromatic carbocycles. The number of carbonyl (C=O) groups is 1. The third kappa shape index (κ3) is 3.77. The molecular weight excluding hydrogens is 344 g/mol. The van der Waals surface area contributed by atoms with Crippen LogP contribution in [0.15, 0.2) is 35.9 Å². The Hall–Kier alpha value is -2.95. The fourth-order valence-corrected chi connectivity index (χ4v) is 3.68. The first kappa shape index (κ1) is 18.8. The Morgan fingerprint density at radius 1 is 1.11 bits per heavy atom. The van der Waals surface area contributed by atoms with Gasteiger partial charge in [0.1, 0.15) is 11.5 Å². The lowest BCUT2D eigenvalue weighted by Crippen LogP contribution is -2.19. The highest BCUT2D eigenvalue weighted by atomic mass is 16.5. The van der Waals surface area contributed by atoms with E-state index in [-0.39, 0.29) is 40.9 Å². The average Bonchev–Trinajstić information content (AvgIpc) is 2.58. The van der Waals surface area contributed by atoms with Crippen LogP contribution in [-0.2, 0) is 12.8 Å². The molecule has 2 aromatic rings. The van der Waals surface area contributed by atoms with E-state index in [1.54, 1.807) is 6.07 Å². The van der Waals surface area contributed by atoms with Gasteiger partial charge in [-0.2, -0.15) is 0 Å². The monoisotopic (exact) mass is 368 g/mol. The molecule has 0 amide bonds. The van der Waals surface area contributed by atoms with E-state index < -0.39 is 0 Å². The number of hydrogen-bond donors (Lipinski definition) is 3. The van der Waals surface area contributed by atoms with Crippen molar-refractivity contribution < 1.29 is 24.9 Å². The van der Waals surface area contributed by atoms with Gasteiger partial charge >= 0.3 is 0 Å². The van der Waals surface area contributed by atoms with Gasteiger partial charge in [-0.3, -0.25) is 4.79 Å². The normalized spacial score (nSPS) is 16.0. The highest BCUT2D eigenvalue weighted by Crippen LogP contribution is 2.41. The summed E-state index contributed by atoms with van der Waals surface area (Å²) >= 11 is 0. The maximum absolute atomic E-state index is 12.6. The molecule has 0 aliphatic heterocycles. The lowest BCUT2D eigenvalue weighted by atomic mass is 9.78. The fourth-order valence-electron chi connectivity index (χ4n) is 3.68. The smallest absolute Gasteiger partial charge is 0.167 e. The number of aromatic hydroxyl groups is 3. The number of allylic oxidation sites excluding steroid dienone is 2. The molecule has 3 N–H and O–H groups in total. The maximum Gasteiger partial charge on any atom is 0.167 e. The van der Waals surface area contributed by atoms with E-state index in [2.05, 4.69) is 6.08 Å². The average molecular weight is 368 g/mol. The molecule has 0 heterocycles. The Kier molecular flexibility index (Phi) is 5.13. The zero-order valence-corrected chi connectivity index (χ0v) is 15.7. The van der Waals surface area contributed by atoms with E-state index in [1.807, 2.05) is 19.9 Å². The second-order valence-electron chi connectivity index (χ2n) is 7.25. The van der Waals surface area contributed by atoms with Crippen molar-refractivity contribution in [3.63, 3.8) is 0 Å². The Morgan fingerprint density at radius 2 is 1.85 bits per heavy atom. The molecule has 0 aromatic heterocycles. The Balaban J connectivity index is 2.01. The topological polar surface area (TPSA) is 87.0 Å². The van der Waals surface area contributed by atoms with Crippen molar-refractivity contribution in [3.05, 3.63) is 58.2 Å². The number of ketones is 1. The molecular formula is C22H24O5. The summed E-state index contributed by atoms with van der Waals surface area (Å²) < 4.78 is 5.35. The molecule has 0 fully saturated rings. The van der Waals surface area contributed by atoms with Crippen LogP contribution in [0, 0.1) is 0 Å². The van der Waals surface area contributed by atoms with Crippen molar-refractivity contribution in [2.45, 2.75) is 39.0 Å². The van der Waals surface area contributed by atoms with Crippen LogP contribution in [0.25, 0.3) is 0 Å². The standard InChI is InChI=1S/C22H24O5/c1-12(2)4-5-13-6-14(10-20(26)22(13)27-3)15-7-16-8-17(23)11-19(25)21(16)18(24)9-15/h4,6,8,10-11,15,23,25-26H,5,7,9H2,1-3H3/t15-/m0/s1. The molecule has 1 atom stereocenters. The van der Waals surface area contributed by atoms with Gasteiger partial charge in [-0.05, 0) is 55.9 Å². The van der Waals surface area contributed by atoms with Gasteiger partial charge in [0, 0.05) is 18.1 Å². The van der Waals surface area contributed by atoms with Gasteiger partial charge in [0.05, 0.1) is 12.7 Å². The molecule has 5 nitrogen and oxygen atoms in total. The first-order valence-corrected chi connectivity index (χ1v) is 8.91. The summed E-state index contributed by atoms with van der Waals surface area (Å²) in [5.41, 5.74) is 3.76. The van der Waals surface area contributed by atoms with Crippen LogP contribution >= 0.6 is 0 Å². The molecule has 0 radical (unpaired) electrons.